The topological polar surface area (TPSA) is 90.2 Å². The summed E-state index contributed by atoms with van der Waals surface area (Å²) in [6.45, 7) is 1.90. The van der Waals surface area contributed by atoms with Crippen LogP contribution < -0.4 is 5.32 Å². The van der Waals surface area contributed by atoms with E-state index in [-0.39, 0.29) is 6.42 Å². The molecule has 2 N–H and O–H groups in total. The largest absolute Gasteiger partial charge is 0.480 e. The lowest BCUT2D eigenvalue weighted by molar-refractivity contribution is -0.139. The number of hydrogen-bond acceptors (Lipinski definition) is 3. The smallest absolute Gasteiger partial charge is 0.326 e. The molecule has 1 amide bonds. The van der Waals surface area contributed by atoms with Crippen LogP contribution in [-0.2, 0) is 11.2 Å². The van der Waals surface area contributed by atoms with E-state index >= 15 is 0 Å². The van der Waals surface area contributed by atoms with Crippen molar-refractivity contribution in [3.8, 4) is 6.07 Å². The maximum Gasteiger partial charge on any atom is 0.326 e. The van der Waals surface area contributed by atoms with E-state index in [4.69, 9.17) is 5.26 Å². The number of amides is 1. The summed E-state index contributed by atoms with van der Waals surface area (Å²) in [6, 6.07) is 14.5. The summed E-state index contributed by atoms with van der Waals surface area (Å²) >= 11 is 0. The molecule has 0 bridgehead atoms. The minimum Gasteiger partial charge on any atom is -0.480 e. The van der Waals surface area contributed by atoms with Gasteiger partial charge in [-0.25, -0.2) is 4.79 Å². The van der Waals surface area contributed by atoms with Crippen molar-refractivity contribution in [1.29, 1.82) is 5.26 Å². The molecule has 5 heteroatoms. The first-order valence-corrected chi connectivity index (χ1v) is 7.09. The van der Waals surface area contributed by atoms with E-state index in [1.54, 1.807) is 0 Å². The summed E-state index contributed by atoms with van der Waals surface area (Å²) in [4.78, 5) is 23.6. The van der Waals surface area contributed by atoms with E-state index < -0.39 is 17.9 Å². The molecule has 0 radical (unpaired) electrons. The minimum absolute atomic E-state index is 0.212. The lowest BCUT2D eigenvalue weighted by atomic mass is 10.0. The number of nitrogens with one attached hydrogen (secondary N) is 1. The van der Waals surface area contributed by atoms with Gasteiger partial charge in [0.25, 0.3) is 5.91 Å². The monoisotopic (exact) mass is 308 g/mol. The number of rotatable bonds is 5. The Morgan fingerprint density at radius 3 is 2.39 bits per heavy atom. The molecular weight excluding hydrogens is 292 g/mol. The minimum atomic E-state index is -1.09. The SMILES string of the molecule is Cc1ccccc1C[C@@H](NC(=O)c1ccc(C#N)cc1)C(=O)O. The van der Waals surface area contributed by atoms with Crippen LogP contribution in [0.5, 0.6) is 0 Å². The van der Waals surface area contributed by atoms with Crippen molar-refractivity contribution in [2.45, 2.75) is 19.4 Å². The molecule has 0 unspecified atom stereocenters. The Morgan fingerprint density at radius 1 is 1.17 bits per heavy atom. The van der Waals surface area contributed by atoms with Gasteiger partial charge in [-0.15, -0.1) is 0 Å². The van der Waals surface area contributed by atoms with E-state index in [1.807, 2.05) is 37.3 Å². The highest BCUT2D eigenvalue weighted by Crippen LogP contribution is 2.11. The molecule has 0 spiro atoms. The third-order valence-electron chi connectivity index (χ3n) is 3.56. The summed E-state index contributed by atoms with van der Waals surface area (Å²) in [7, 11) is 0. The number of carbonyl (C=O) groups excluding carboxylic acids is 1. The van der Waals surface area contributed by atoms with Gasteiger partial charge in [0, 0.05) is 12.0 Å². The second kappa shape index (κ2) is 7.23. The van der Waals surface area contributed by atoms with Gasteiger partial charge in [-0.1, -0.05) is 24.3 Å². The number of carbonyl (C=O) groups is 2. The highest BCUT2D eigenvalue weighted by atomic mass is 16.4. The normalized spacial score (nSPS) is 11.3. The number of carboxylic acids is 1. The van der Waals surface area contributed by atoms with E-state index in [9.17, 15) is 14.7 Å². The molecule has 0 fully saturated rings. The molecule has 0 aliphatic rings. The molecule has 23 heavy (non-hydrogen) atoms. The van der Waals surface area contributed by atoms with Crippen LogP contribution in [0.1, 0.15) is 27.0 Å². The molecule has 0 aliphatic carbocycles. The predicted molar refractivity (Wildman–Crippen MR) is 84.9 cm³/mol. The van der Waals surface area contributed by atoms with Crippen molar-refractivity contribution in [2.24, 2.45) is 0 Å². The zero-order chi connectivity index (χ0) is 16.8. The quantitative estimate of drug-likeness (QED) is 0.886. The third-order valence-corrected chi connectivity index (χ3v) is 3.56. The fraction of sp³-hybridized carbons (Fsp3) is 0.167. The molecule has 2 rings (SSSR count). The molecule has 116 valence electrons. The van der Waals surface area contributed by atoms with Gasteiger partial charge in [-0.2, -0.15) is 5.26 Å². The Hall–Kier alpha value is -3.13. The Bertz CT molecular complexity index is 761. The number of hydrogen-bond donors (Lipinski definition) is 2. The van der Waals surface area contributed by atoms with Gasteiger partial charge in [0.15, 0.2) is 0 Å². The summed E-state index contributed by atoms with van der Waals surface area (Å²) in [5, 5.41) is 20.6. The first-order chi connectivity index (χ1) is 11.0. The average Bonchev–Trinajstić information content (AvgIpc) is 2.56. The summed E-state index contributed by atoms with van der Waals surface area (Å²) in [5.74, 6) is -1.56. The van der Waals surface area contributed by atoms with Crippen LogP contribution in [0.15, 0.2) is 48.5 Å². The molecule has 0 saturated carbocycles. The zero-order valence-electron chi connectivity index (χ0n) is 12.6. The fourth-order valence-corrected chi connectivity index (χ4v) is 2.20. The van der Waals surface area contributed by atoms with Crippen LogP contribution in [0.2, 0.25) is 0 Å². The van der Waals surface area contributed by atoms with Crippen LogP contribution in [-0.4, -0.2) is 23.0 Å². The van der Waals surface area contributed by atoms with Gasteiger partial charge >= 0.3 is 5.97 Å². The number of nitriles is 1. The van der Waals surface area contributed by atoms with Gasteiger partial charge in [0.2, 0.25) is 0 Å². The van der Waals surface area contributed by atoms with E-state index in [0.29, 0.717) is 11.1 Å². The van der Waals surface area contributed by atoms with E-state index in [1.165, 1.54) is 24.3 Å². The van der Waals surface area contributed by atoms with Crippen molar-refractivity contribution in [3.63, 3.8) is 0 Å². The third kappa shape index (κ3) is 4.17. The predicted octanol–water partition coefficient (Wildman–Crippen LogP) is 2.29. The summed E-state index contributed by atoms with van der Waals surface area (Å²) in [6.07, 6.45) is 0.212. The van der Waals surface area contributed by atoms with Gasteiger partial charge in [-0.3, -0.25) is 4.79 Å². The molecular formula is C18H16N2O3. The second-order valence-corrected chi connectivity index (χ2v) is 5.18. The van der Waals surface area contributed by atoms with Crippen molar-refractivity contribution in [1.82, 2.24) is 5.32 Å². The molecule has 5 nitrogen and oxygen atoms in total. The first kappa shape index (κ1) is 16.2. The van der Waals surface area contributed by atoms with E-state index in [2.05, 4.69) is 5.32 Å². The standard InChI is InChI=1S/C18H16N2O3/c1-12-4-2-3-5-15(12)10-16(18(22)23)20-17(21)14-8-6-13(11-19)7-9-14/h2-9,16H,10H2,1H3,(H,20,21)(H,22,23)/t16-/m1/s1. The summed E-state index contributed by atoms with van der Waals surface area (Å²) in [5.41, 5.74) is 2.61. The Labute approximate surface area is 134 Å². The number of aliphatic carboxylic acids is 1. The highest BCUT2D eigenvalue weighted by molar-refractivity contribution is 5.96. The Balaban J connectivity index is 2.13. The number of benzene rings is 2. The zero-order valence-corrected chi connectivity index (χ0v) is 12.6. The maximum atomic E-state index is 12.2. The van der Waals surface area contributed by atoms with Crippen LogP contribution in [0, 0.1) is 18.3 Å². The van der Waals surface area contributed by atoms with Crippen molar-refractivity contribution in [2.75, 3.05) is 0 Å². The molecule has 2 aromatic rings. The molecule has 0 saturated heterocycles. The van der Waals surface area contributed by atoms with Crippen LogP contribution in [0.4, 0.5) is 0 Å². The maximum absolute atomic E-state index is 12.2. The van der Waals surface area contributed by atoms with Crippen molar-refractivity contribution < 1.29 is 14.7 Å². The second-order valence-electron chi connectivity index (χ2n) is 5.18. The van der Waals surface area contributed by atoms with Gasteiger partial charge < -0.3 is 10.4 Å². The number of carboxylic acid groups (broad SMARTS) is 1. The lowest BCUT2D eigenvalue weighted by Gasteiger charge is -2.16. The fourth-order valence-electron chi connectivity index (χ4n) is 2.20. The van der Waals surface area contributed by atoms with Gasteiger partial charge in [0.1, 0.15) is 6.04 Å². The first-order valence-electron chi connectivity index (χ1n) is 7.09. The van der Waals surface area contributed by atoms with Gasteiger partial charge in [-0.05, 0) is 42.3 Å². The average molecular weight is 308 g/mol. The van der Waals surface area contributed by atoms with E-state index in [0.717, 1.165) is 11.1 Å². The summed E-state index contributed by atoms with van der Waals surface area (Å²) < 4.78 is 0. The Kier molecular flexibility index (Phi) is 5.11. The van der Waals surface area contributed by atoms with Crippen LogP contribution in [0.25, 0.3) is 0 Å². The molecule has 0 aliphatic heterocycles. The number of aryl methyl sites for hydroxylation is 1. The van der Waals surface area contributed by atoms with Crippen molar-refractivity contribution in [3.05, 3.63) is 70.8 Å². The molecule has 0 heterocycles. The number of nitrogens with zero attached hydrogens (tertiary/aromatic N) is 1. The van der Waals surface area contributed by atoms with Crippen molar-refractivity contribution >= 4 is 11.9 Å². The van der Waals surface area contributed by atoms with Crippen LogP contribution in [0.3, 0.4) is 0 Å². The molecule has 2 aromatic carbocycles. The highest BCUT2D eigenvalue weighted by Gasteiger charge is 2.21. The molecule has 1 atom stereocenters. The molecule has 0 aromatic heterocycles. The lowest BCUT2D eigenvalue weighted by Crippen LogP contribution is -2.42. The Morgan fingerprint density at radius 2 is 1.83 bits per heavy atom. The van der Waals surface area contributed by atoms with Crippen LogP contribution >= 0.6 is 0 Å². The van der Waals surface area contributed by atoms with Gasteiger partial charge in [0.05, 0.1) is 11.6 Å².